The Labute approximate surface area is 161 Å². The van der Waals surface area contributed by atoms with Crippen molar-refractivity contribution in [1.82, 2.24) is 19.7 Å². The van der Waals surface area contributed by atoms with E-state index in [1.807, 2.05) is 33.4 Å². The van der Waals surface area contributed by atoms with Gasteiger partial charge in [0.2, 0.25) is 0 Å². The molecule has 6 heteroatoms. The summed E-state index contributed by atoms with van der Waals surface area (Å²) >= 11 is 6.08. The van der Waals surface area contributed by atoms with Crippen molar-refractivity contribution in [3.05, 3.63) is 58.4 Å². The predicted molar refractivity (Wildman–Crippen MR) is 109 cm³/mol. The van der Waals surface area contributed by atoms with Crippen LogP contribution in [0.4, 0.5) is 0 Å². The lowest BCUT2D eigenvalue weighted by Gasteiger charge is -2.29. The molecule has 0 spiro atoms. The first-order chi connectivity index (χ1) is 12.6. The van der Waals surface area contributed by atoms with Gasteiger partial charge in [0.05, 0.1) is 11.6 Å². The summed E-state index contributed by atoms with van der Waals surface area (Å²) in [6, 6.07) is 10.8. The van der Waals surface area contributed by atoms with Crippen LogP contribution >= 0.6 is 11.6 Å². The van der Waals surface area contributed by atoms with Crippen LogP contribution in [0.5, 0.6) is 0 Å². The Morgan fingerprint density at radius 2 is 2.08 bits per heavy atom. The third-order valence-corrected chi connectivity index (χ3v) is 5.17. The van der Waals surface area contributed by atoms with E-state index in [-0.39, 0.29) is 0 Å². The van der Waals surface area contributed by atoms with E-state index >= 15 is 0 Å². The highest BCUT2D eigenvalue weighted by molar-refractivity contribution is 6.30. The third-order valence-electron chi connectivity index (χ3n) is 4.97. The number of nitrogens with one attached hydrogen (secondary N) is 1. The first-order valence-corrected chi connectivity index (χ1v) is 9.46. The van der Waals surface area contributed by atoms with Gasteiger partial charge in [-0.3, -0.25) is 9.89 Å². The fourth-order valence-electron chi connectivity index (χ4n) is 3.50. The smallest absolute Gasteiger partial charge is 0.193 e. The Kier molecular flexibility index (Phi) is 6.22. The molecule has 0 radical (unpaired) electrons. The quantitative estimate of drug-likeness (QED) is 0.646. The molecule has 0 saturated heterocycles. The maximum Gasteiger partial charge on any atom is 0.193 e. The lowest BCUT2D eigenvalue weighted by molar-refractivity contribution is 0.257. The maximum atomic E-state index is 6.08. The zero-order chi connectivity index (χ0) is 18.5. The van der Waals surface area contributed by atoms with Gasteiger partial charge >= 0.3 is 0 Å². The second-order valence-electron chi connectivity index (χ2n) is 6.89. The predicted octanol–water partition coefficient (Wildman–Crippen LogP) is 2.74. The summed E-state index contributed by atoms with van der Waals surface area (Å²) in [7, 11) is 5.89. The average Bonchev–Trinajstić information content (AvgIpc) is 2.95. The zero-order valence-corrected chi connectivity index (χ0v) is 16.6. The van der Waals surface area contributed by atoms with Gasteiger partial charge in [0.1, 0.15) is 0 Å². The number of aliphatic imine (C=N–C) groups is 1. The van der Waals surface area contributed by atoms with Crippen LogP contribution in [0.1, 0.15) is 16.8 Å². The van der Waals surface area contributed by atoms with Crippen molar-refractivity contribution in [2.45, 2.75) is 19.5 Å². The molecule has 0 saturated carbocycles. The van der Waals surface area contributed by atoms with E-state index in [1.165, 1.54) is 11.1 Å². The van der Waals surface area contributed by atoms with Gasteiger partial charge in [0.25, 0.3) is 0 Å². The minimum atomic E-state index is 0.764. The highest BCUT2D eigenvalue weighted by atomic mass is 35.5. The summed E-state index contributed by atoms with van der Waals surface area (Å²) in [6.07, 6.45) is 3.06. The molecule has 0 fully saturated rings. The number of nitrogens with zero attached hydrogens (tertiary/aromatic N) is 4. The molecule has 0 bridgehead atoms. The standard InChI is InChI=1S/C20H28ClN5/c1-22-20(25(3)15-19-12-18(21)14-24(19)2)23-9-11-26-10-8-16-6-4-5-7-17(16)13-26/h4-7,12,14H,8-11,13,15H2,1-3H3,(H,22,23). The molecule has 0 unspecified atom stereocenters. The van der Waals surface area contributed by atoms with Crippen molar-refractivity contribution in [2.75, 3.05) is 33.7 Å². The Balaban J connectivity index is 1.48. The summed E-state index contributed by atoms with van der Waals surface area (Å²) in [6.45, 7) is 4.81. The number of guanidine groups is 1. The average molecular weight is 374 g/mol. The SMILES string of the molecule is CN=C(NCCN1CCc2ccccc2C1)N(C)Cc1cc(Cl)cn1C. The van der Waals surface area contributed by atoms with Crippen LogP contribution < -0.4 is 5.32 Å². The molecule has 2 heterocycles. The third kappa shape index (κ3) is 4.59. The molecular formula is C20H28ClN5. The molecule has 1 aliphatic heterocycles. The highest BCUT2D eigenvalue weighted by Gasteiger charge is 2.15. The number of aryl methyl sites for hydroxylation is 1. The minimum Gasteiger partial charge on any atom is -0.355 e. The van der Waals surface area contributed by atoms with Gasteiger partial charge in [0.15, 0.2) is 5.96 Å². The molecule has 5 nitrogen and oxygen atoms in total. The van der Waals surface area contributed by atoms with Gasteiger partial charge in [0, 0.05) is 59.2 Å². The second-order valence-corrected chi connectivity index (χ2v) is 7.32. The van der Waals surface area contributed by atoms with Crippen molar-refractivity contribution in [2.24, 2.45) is 12.0 Å². The van der Waals surface area contributed by atoms with Gasteiger partial charge in [-0.1, -0.05) is 35.9 Å². The summed E-state index contributed by atoms with van der Waals surface area (Å²) in [5, 5.41) is 4.25. The largest absolute Gasteiger partial charge is 0.355 e. The van der Waals surface area contributed by atoms with Crippen molar-refractivity contribution in [3.63, 3.8) is 0 Å². The lowest BCUT2D eigenvalue weighted by atomic mass is 10.00. The molecule has 1 aromatic carbocycles. The molecule has 0 atom stereocenters. The van der Waals surface area contributed by atoms with Crippen molar-refractivity contribution >= 4 is 17.6 Å². The summed E-state index contributed by atoms with van der Waals surface area (Å²) in [4.78, 5) is 9.03. The molecule has 2 aromatic rings. The van der Waals surface area contributed by atoms with E-state index in [0.29, 0.717) is 0 Å². The first-order valence-electron chi connectivity index (χ1n) is 9.08. The minimum absolute atomic E-state index is 0.764. The Bertz CT molecular complexity index is 767. The van der Waals surface area contributed by atoms with E-state index in [9.17, 15) is 0 Å². The van der Waals surface area contributed by atoms with Crippen molar-refractivity contribution in [3.8, 4) is 0 Å². The normalized spacial score (nSPS) is 15.0. The van der Waals surface area contributed by atoms with E-state index < -0.39 is 0 Å². The molecule has 140 valence electrons. The Morgan fingerprint density at radius 1 is 1.31 bits per heavy atom. The van der Waals surface area contributed by atoms with E-state index in [2.05, 4.69) is 48.9 Å². The van der Waals surface area contributed by atoms with E-state index in [1.54, 1.807) is 0 Å². The number of rotatable bonds is 5. The molecule has 3 rings (SSSR count). The number of hydrogen-bond donors (Lipinski definition) is 1. The zero-order valence-electron chi connectivity index (χ0n) is 15.9. The molecule has 26 heavy (non-hydrogen) atoms. The molecule has 1 aromatic heterocycles. The first kappa shape index (κ1) is 18.8. The molecule has 1 N–H and O–H groups in total. The Morgan fingerprint density at radius 3 is 2.77 bits per heavy atom. The lowest BCUT2D eigenvalue weighted by Crippen LogP contribution is -2.43. The number of halogens is 1. The summed E-state index contributed by atoms with van der Waals surface area (Å²) in [5.41, 5.74) is 4.11. The van der Waals surface area contributed by atoms with Crippen LogP contribution in [0.2, 0.25) is 5.02 Å². The van der Waals surface area contributed by atoms with Gasteiger partial charge in [-0.05, 0) is 23.6 Å². The van der Waals surface area contributed by atoms with E-state index in [4.69, 9.17) is 11.6 Å². The summed E-state index contributed by atoms with van der Waals surface area (Å²) in [5.74, 6) is 0.903. The van der Waals surface area contributed by atoms with E-state index in [0.717, 1.165) is 55.8 Å². The fourth-order valence-corrected chi connectivity index (χ4v) is 3.77. The van der Waals surface area contributed by atoms with Crippen LogP contribution in [0, 0.1) is 0 Å². The summed E-state index contributed by atoms with van der Waals surface area (Å²) < 4.78 is 2.05. The van der Waals surface area contributed by atoms with Gasteiger partial charge < -0.3 is 14.8 Å². The van der Waals surface area contributed by atoms with Crippen molar-refractivity contribution in [1.29, 1.82) is 0 Å². The maximum absolute atomic E-state index is 6.08. The fraction of sp³-hybridized carbons (Fsp3) is 0.450. The van der Waals surface area contributed by atoms with Crippen LogP contribution in [-0.4, -0.2) is 54.1 Å². The van der Waals surface area contributed by atoms with Gasteiger partial charge in [-0.2, -0.15) is 0 Å². The van der Waals surface area contributed by atoms with Gasteiger partial charge in [-0.15, -0.1) is 0 Å². The molecular weight excluding hydrogens is 346 g/mol. The van der Waals surface area contributed by atoms with Crippen molar-refractivity contribution < 1.29 is 0 Å². The number of benzene rings is 1. The molecule has 0 amide bonds. The number of hydrogen-bond acceptors (Lipinski definition) is 2. The number of aromatic nitrogens is 1. The van der Waals surface area contributed by atoms with Crippen LogP contribution in [-0.2, 0) is 26.6 Å². The van der Waals surface area contributed by atoms with Crippen LogP contribution in [0.3, 0.4) is 0 Å². The van der Waals surface area contributed by atoms with Gasteiger partial charge in [-0.25, -0.2) is 0 Å². The van der Waals surface area contributed by atoms with Crippen LogP contribution in [0.15, 0.2) is 41.5 Å². The molecule has 0 aliphatic carbocycles. The second kappa shape index (κ2) is 8.60. The number of fused-ring (bicyclic) bond motifs is 1. The Hall–Kier alpha value is -1.98. The topological polar surface area (TPSA) is 35.8 Å². The van der Waals surface area contributed by atoms with Crippen LogP contribution in [0.25, 0.3) is 0 Å². The monoisotopic (exact) mass is 373 g/mol. The highest BCUT2D eigenvalue weighted by Crippen LogP contribution is 2.18. The molecule has 1 aliphatic rings.